The quantitative estimate of drug-likeness (QED) is 0.483. The maximum absolute atomic E-state index is 13.6. The van der Waals surface area contributed by atoms with E-state index in [4.69, 9.17) is 8.83 Å². The molecule has 0 fully saturated rings. The SMILES string of the molecule is Cc1ccc([C@@H]2c3c(oc4cc(C)cc(C)c4c3=O)C(=O)N2Cc2ccco2)cc1. The van der Waals surface area contributed by atoms with Crippen molar-refractivity contribution in [3.8, 4) is 0 Å². The highest BCUT2D eigenvalue weighted by molar-refractivity contribution is 5.99. The number of amides is 1. The molecule has 0 bridgehead atoms. The number of rotatable bonds is 3. The number of benzene rings is 2. The maximum atomic E-state index is 13.6. The van der Waals surface area contributed by atoms with Crippen molar-refractivity contribution < 1.29 is 13.6 Å². The van der Waals surface area contributed by atoms with Crippen molar-refractivity contribution in [3.05, 3.63) is 104 Å². The molecule has 30 heavy (non-hydrogen) atoms. The first-order valence-electron chi connectivity index (χ1n) is 9.92. The number of aryl methyl sites for hydroxylation is 3. The summed E-state index contributed by atoms with van der Waals surface area (Å²) in [5, 5.41) is 0.532. The van der Waals surface area contributed by atoms with E-state index in [9.17, 15) is 9.59 Å². The fourth-order valence-electron chi connectivity index (χ4n) is 4.34. The van der Waals surface area contributed by atoms with Crippen LogP contribution in [0.5, 0.6) is 0 Å². The van der Waals surface area contributed by atoms with E-state index in [0.717, 1.165) is 22.3 Å². The Morgan fingerprint density at radius 3 is 2.43 bits per heavy atom. The Hall–Kier alpha value is -3.60. The average molecular weight is 399 g/mol. The fourth-order valence-corrected chi connectivity index (χ4v) is 4.34. The smallest absolute Gasteiger partial charge is 0.291 e. The van der Waals surface area contributed by atoms with Gasteiger partial charge in [0.05, 0.1) is 29.8 Å². The number of fused-ring (bicyclic) bond motifs is 2. The van der Waals surface area contributed by atoms with E-state index in [0.29, 0.717) is 22.3 Å². The first kappa shape index (κ1) is 18.4. The van der Waals surface area contributed by atoms with E-state index < -0.39 is 6.04 Å². The minimum absolute atomic E-state index is 0.120. The molecular weight excluding hydrogens is 378 g/mol. The maximum Gasteiger partial charge on any atom is 0.291 e. The van der Waals surface area contributed by atoms with Gasteiger partial charge in [0.15, 0.2) is 5.43 Å². The van der Waals surface area contributed by atoms with Gasteiger partial charge in [0.2, 0.25) is 5.76 Å². The van der Waals surface area contributed by atoms with Gasteiger partial charge in [0, 0.05) is 0 Å². The van der Waals surface area contributed by atoms with Crippen LogP contribution in [0.1, 0.15) is 50.2 Å². The molecule has 4 aromatic rings. The third kappa shape index (κ3) is 2.77. The second-order valence-corrected chi connectivity index (χ2v) is 7.95. The van der Waals surface area contributed by atoms with Gasteiger partial charge in [0.1, 0.15) is 11.3 Å². The molecule has 3 heterocycles. The molecule has 1 aliphatic heterocycles. The minimum atomic E-state index is -0.528. The lowest BCUT2D eigenvalue weighted by Crippen LogP contribution is -2.29. The van der Waals surface area contributed by atoms with Gasteiger partial charge in [-0.15, -0.1) is 0 Å². The zero-order valence-corrected chi connectivity index (χ0v) is 17.1. The summed E-state index contributed by atoms with van der Waals surface area (Å²) < 4.78 is 11.5. The van der Waals surface area contributed by atoms with Crippen molar-refractivity contribution in [3.63, 3.8) is 0 Å². The van der Waals surface area contributed by atoms with Gasteiger partial charge in [-0.05, 0) is 55.7 Å². The lowest BCUT2D eigenvalue weighted by molar-refractivity contribution is 0.0701. The van der Waals surface area contributed by atoms with Crippen LogP contribution in [-0.4, -0.2) is 10.8 Å². The molecule has 5 nitrogen and oxygen atoms in total. The Kier molecular flexibility index (Phi) is 4.13. The van der Waals surface area contributed by atoms with Crippen LogP contribution in [-0.2, 0) is 6.54 Å². The zero-order valence-electron chi connectivity index (χ0n) is 17.1. The fraction of sp³-hybridized carbons (Fsp3) is 0.200. The Bertz CT molecular complexity index is 1330. The van der Waals surface area contributed by atoms with Crippen LogP contribution in [0.15, 0.2) is 68.4 Å². The molecule has 0 saturated heterocycles. The molecule has 1 amide bonds. The van der Waals surface area contributed by atoms with E-state index in [1.54, 1.807) is 17.2 Å². The normalized spacial score (nSPS) is 15.8. The molecule has 2 aromatic carbocycles. The molecule has 0 unspecified atom stereocenters. The van der Waals surface area contributed by atoms with Crippen molar-refractivity contribution in [2.45, 2.75) is 33.4 Å². The predicted molar refractivity (Wildman–Crippen MR) is 114 cm³/mol. The number of hydrogen-bond acceptors (Lipinski definition) is 4. The molecule has 5 rings (SSSR count). The summed E-state index contributed by atoms with van der Waals surface area (Å²) in [6, 6.07) is 14.7. The Balaban J connectivity index is 1.78. The summed E-state index contributed by atoms with van der Waals surface area (Å²) in [7, 11) is 0. The van der Waals surface area contributed by atoms with Gasteiger partial charge in [0.25, 0.3) is 5.91 Å². The lowest BCUT2D eigenvalue weighted by atomic mass is 9.96. The molecule has 0 N–H and O–H groups in total. The first-order chi connectivity index (χ1) is 14.4. The monoisotopic (exact) mass is 399 g/mol. The Labute approximate surface area is 173 Å². The minimum Gasteiger partial charge on any atom is -0.467 e. The largest absolute Gasteiger partial charge is 0.467 e. The first-order valence-corrected chi connectivity index (χ1v) is 9.92. The van der Waals surface area contributed by atoms with E-state index in [1.165, 1.54) is 0 Å². The topological polar surface area (TPSA) is 63.7 Å². The van der Waals surface area contributed by atoms with Crippen molar-refractivity contribution >= 4 is 16.9 Å². The Morgan fingerprint density at radius 1 is 0.967 bits per heavy atom. The summed E-state index contributed by atoms with van der Waals surface area (Å²) in [6.07, 6.45) is 1.58. The van der Waals surface area contributed by atoms with Crippen LogP contribution in [0.4, 0.5) is 0 Å². The number of carbonyl (C=O) groups is 1. The van der Waals surface area contributed by atoms with Crippen molar-refractivity contribution in [1.82, 2.24) is 4.90 Å². The molecule has 0 saturated carbocycles. The van der Waals surface area contributed by atoms with Gasteiger partial charge in [-0.3, -0.25) is 9.59 Å². The standard InChI is InChI=1S/C25H21NO4/c1-14-6-8-17(9-7-14)22-21-23(27)20-16(3)11-15(2)12-19(20)30-24(21)25(28)26(22)13-18-5-4-10-29-18/h4-12,22H,13H2,1-3H3/t22-/m1/s1. The molecule has 5 heteroatoms. The summed E-state index contributed by atoms with van der Waals surface area (Å²) in [5.74, 6) is 0.470. The molecule has 1 aliphatic rings. The van der Waals surface area contributed by atoms with E-state index in [2.05, 4.69) is 0 Å². The number of hydrogen-bond donors (Lipinski definition) is 0. The summed E-state index contributed by atoms with van der Waals surface area (Å²) in [4.78, 5) is 28.7. The van der Waals surface area contributed by atoms with Gasteiger partial charge < -0.3 is 13.7 Å². The second-order valence-electron chi connectivity index (χ2n) is 7.95. The number of carbonyl (C=O) groups excluding carboxylic acids is 1. The highest BCUT2D eigenvalue weighted by Crippen LogP contribution is 2.39. The highest BCUT2D eigenvalue weighted by Gasteiger charge is 2.43. The molecular formula is C25H21NO4. The van der Waals surface area contributed by atoms with Crippen LogP contribution in [0.2, 0.25) is 0 Å². The molecule has 2 aromatic heterocycles. The number of furan rings is 1. The van der Waals surface area contributed by atoms with E-state index in [-0.39, 0.29) is 23.6 Å². The summed E-state index contributed by atoms with van der Waals surface area (Å²) in [5.41, 5.74) is 4.51. The van der Waals surface area contributed by atoms with Crippen LogP contribution in [0, 0.1) is 20.8 Å². The van der Waals surface area contributed by atoms with Crippen LogP contribution >= 0.6 is 0 Å². The highest BCUT2D eigenvalue weighted by atomic mass is 16.4. The van der Waals surface area contributed by atoms with Crippen LogP contribution in [0.25, 0.3) is 11.0 Å². The molecule has 150 valence electrons. The zero-order chi connectivity index (χ0) is 21.0. The van der Waals surface area contributed by atoms with Gasteiger partial charge >= 0.3 is 0 Å². The third-order valence-electron chi connectivity index (χ3n) is 5.71. The molecule has 0 spiro atoms. The summed E-state index contributed by atoms with van der Waals surface area (Å²) >= 11 is 0. The van der Waals surface area contributed by atoms with Crippen molar-refractivity contribution in [2.24, 2.45) is 0 Å². The average Bonchev–Trinajstić information content (AvgIpc) is 3.30. The molecule has 0 aliphatic carbocycles. The summed E-state index contributed by atoms with van der Waals surface area (Å²) in [6.45, 7) is 6.10. The lowest BCUT2D eigenvalue weighted by Gasteiger charge is -2.24. The predicted octanol–water partition coefficient (Wildman–Crippen LogP) is 5.06. The molecule has 1 atom stereocenters. The number of nitrogens with zero attached hydrogens (tertiary/aromatic N) is 1. The van der Waals surface area contributed by atoms with Gasteiger partial charge in [-0.1, -0.05) is 35.9 Å². The van der Waals surface area contributed by atoms with Crippen molar-refractivity contribution in [2.75, 3.05) is 0 Å². The van der Waals surface area contributed by atoms with Gasteiger partial charge in [-0.25, -0.2) is 0 Å². The van der Waals surface area contributed by atoms with Gasteiger partial charge in [-0.2, -0.15) is 0 Å². The molecule has 0 radical (unpaired) electrons. The van der Waals surface area contributed by atoms with Crippen molar-refractivity contribution in [1.29, 1.82) is 0 Å². The van der Waals surface area contributed by atoms with Crippen LogP contribution < -0.4 is 5.43 Å². The third-order valence-corrected chi connectivity index (χ3v) is 5.71. The van der Waals surface area contributed by atoms with E-state index >= 15 is 0 Å². The van der Waals surface area contributed by atoms with Crippen LogP contribution in [0.3, 0.4) is 0 Å². The van der Waals surface area contributed by atoms with E-state index in [1.807, 2.05) is 63.2 Å². The Morgan fingerprint density at radius 2 is 1.73 bits per heavy atom. The second kappa shape index (κ2) is 6.73.